The van der Waals surface area contributed by atoms with Gasteiger partial charge in [-0.1, -0.05) is 60.7 Å². The Hall–Kier alpha value is -2.51. The van der Waals surface area contributed by atoms with Crippen LogP contribution in [0.5, 0.6) is 0 Å². The van der Waals surface area contributed by atoms with Gasteiger partial charge in [0.25, 0.3) is 0 Å². The summed E-state index contributed by atoms with van der Waals surface area (Å²) in [6, 6.07) is 14.4. The molecule has 168 valence electrons. The predicted molar refractivity (Wildman–Crippen MR) is 135 cm³/mol. The number of hydrogen-bond donors (Lipinski definition) is 1. The van der Waals surface area contributed by atoms with Gasteiger partial charge in [-0.25, -0.2) is 0 Å². The highest BCUT2D eigenvalue weighted by Crippen LogP contribution is 2.29. The topological polar surface area (TPSA) is 59.8 Å². The third kappa shape index (κ3) is 6.04. The SMILES string of the molecule is C=CCn1c(CSc2ccccc2)nnc1SC(CC)C(=O)Nc1c(C)cc(C)cc1C. The van der Waals surface area contributed by atoms with Crippen LogP contribution in [0, 0.1) is 20.8 Å². The summed E-state index contributed by atoms with van der Waals surface area (Å²) in [4.78, 5) is 14.3. The maximum absolute atomic E-state index is 13.1. The van der Waals surface area contributed by atoms with E-state index < -0.39 is 0 Å². The summed E-state index contributed by atoms with van der Waals surface area (Å²) in [7, 11) is 0. The fourth-order valence-electron chi connectivity index (χ4n) is 3.52. The molecule has 0 aliphatic rings. The molecule has 2 aromatic carbocycles. The molecule has 5 nitrogen and oxygen atoms in total. The normalized spacial score (nSPS) is 11.9. The number of thioether (sulfide) groups is 2. The molecule has 1 N–H and O–H groups in total. The number of nitrogens with zero attached hydrogens (tertiary/aromatic N) is 3. The number of aromatic nitrogens is 3. The van der Waals surface area contributed by atoms with E-state index in [-0.39, 0.29) is 11.2 Å². The van der Waals surface area contributed by atoms with E-state index in [0.29, 0.717) is 18.7 Å². The highest BCUT2D eigenvalue weighted by Gasteiger charge is 2.23. The van der Waals surface area contributed by atoms with Gasteiger partial charge in [0.05, 0.1) is 11.0 Å². The van der Waals surface area contributed by atoms with Gasteiger partial charge in [-0.05, 0) is 50.5 Å². The number of aryl methyl sites for hydroxylation is 3. The van der Waals surface area contributed by atoms with Gasteiger partial charge in [-0.15, -0.1) is 28.5 Å². The summed E-state index contributed by atoms with van der Waals surface area (Å²) >= 11 is 3.18. The summed E-state index contributed by atoms with van der Waals surface area (Å²) in [6.07, 6.45) is 2.53. The number of anilines is 1. The number of hydrogen-bond acceptors (Lipinski definition) is 5. The molecule has 1 amide bonds. The number of carbonyl (C=O) groups is 1. The van der Waals surface area contributed by atoms with Crippen molar-refractivity contribution in [3.63, 3.8) is 0 Å². The van der Waals surface area contributed by atoms with E-state index in [0.717, 1.165) is 27.8 Å². The Balaban J connectivity index is 1.74. The first-order chi connectivity index (χ1) is 15.4. The first kappa shape index (κ1) is 24.1. The van der Waals surface area contributed by atoms with Gasteiger partial charge >= 0.3 is 0 Å². The lowest BCUT2D eigenvalue weighted by Gasteiger charge is -2.18. The minimum atomic E-state index is -0.266. The lowest BCUT2D eigenvalue weighted by molar-refractivity contribution is -0.115. The Kier molecular flexibility index (Phi) is 8.59. The summed E-state index contributed by atoms with van der Waals surface area (Å²) in [5, 5.41) is 12.4. The Morgan fingerprint density at radius 1 is 1.16 bits per heavy atom. The number of benzene rings is 2. The molecular formula is C25H30N4OS2. The zero-order valence-electron chi connectivity index (χ0n) is 19.1. The first-order valence-electron chi connectivity index (χ1n) is 10.7. The number of carbonyl (C=O) groups excluding carboxylic acids is 1. The molecule has 1 aromatic heterocycles. The Bertz CT molecular complexity index is 1060. The maximum Gasteiger partial charge on any atom is 0.237 e. The second-order valence-electron chi connectivity index (χ2n) is 7.68. The quantitative estimate of drug-likeness (QED) is 0.285. The smallest absolute Gasteiger partial charge is 0.237 e. The largest absolute Gasteiger partial charge is 0.325 e. The van der Waals surface area contributed by atoms with Crippen molar-refractivity contribution >= 4 is 35.1 Å². The molecule has 0 aliphatic carbocycles. The standard InChI is InChI=1S/C25H30N4OS2/c1-6-13-29-22(16-31-20-11-9-8-10-12-20)27-28-25(29)32-21(7-2)24(30)26-23-18(4)14-17(3)15-19(23)5/h6,8-12,14-15,21H,1,7,13,16H2,2-5H3,(H,26,30). The Morgan fingerprint density at radius 3 is 2.47 bits per heavy atom. The molecule has 0 saturated heterocycles. The van der Waals surface area contributed by atoms with Crippen LogP contribution < -0.4 is 5.32 Å². The maximum atomic E-state index is 13.1. The average Bonchev–Trinajstić information content (AvgIpc) is 3.15. The number of rotatable bonds is 10. The van der Waals surface area contributed by atoms with Gasteiger partial charge in [0, 0.05) is 17.1 Å². The van der Waals surface area contributed by atoms with Crippen molar-refractivity contribution in [3.8, 4) is 0 Å². The molecule has 1 heterocycles. The minimum Gasteiger partial charge on any atom is -0.325 e. The van der Waals surface area contributed by atoms with Gasteiger partial charge in [0.15, 0.2) is 5.16 Å². The van der Waals surface area contributed by atoms with Crippen molar-refractivity contribution in [2.45, 2.75) is 61.7 Å². The number of nitrogens with one attached hydrogen (secondary N) is 1. The van der Waals surface area contributed by atoms with E-state index in [9.17, 15) is 4.79 Å². The van der Waals surface area contributed by atoms with E-state index >= 15 is 0 Å². The molecule has 0 saturated carbocycles. The van der Waals surface area contributed by atoms with E-state index in [2.05, 4.69) is 53.3 Å². The van der Waals surface area contributed by atoms with Crippen molar-refractivity contribution in [3.05, 3.63) is 77.6 Å². The molecular weight excluding hydrogens is 436 g/mol. The van der Waals surface area contributed by atoms with E-state index in [4.69, 9.17) is 0 Å². The van der Waals surface area contributed by atoms with Crippen molar-refractivity contribution < 1.29 is 4.79 Å². The van der Waals surface area contributed by atoms with Gasteiger partial charge in [-0.2, -0.15) is 0 Å². The fraction of sp³-hybridized carbons (Fsp3) is 0.320. The number of amides is 1. The van der Waals surface area contributed by atoms with Crippen LogP contribution in [0.2, 0.25) is 0 Å². The van der Waals surface area contributed by atoms with Crippen LogP contribution in [0.25, 0.3) is 0 Å². The second-order valence-corrected chi connectivity index (χ2v) is 9.90. The molecule has 0 bridgehead atoms. The summed E-state index contributed by atoms with van der Waals surface area (Å²) < 4.78 is 2.05. The van der Waals surface area contributed by atoms with Crippen LogP contribution in [0.1, 0.15) is 35.9 Å². The molecule has 7 heteroatoms. The second kappa shape index (κ2) is 11.4. The minimum absolute atomic E-state index is 0.0130. The van der Waals surface area contributed by atoms with E-state index in [1.165, 1.54) is 22.2 Å². The van der Waals surface area contributed by atoms with Crippen LogP contribution in [-0.2, 0) is 17.1 Å². The van der Waals surface area contributed by atoms with Gasteiger partial charge in [-0.3, -0.25) is 4.79 Å². The molecule has 3 aromatic rings. The third-order valence-corrected chi connectivity index (χ3v) is 7.41. The van der Waals surface area contributed by atoms with Crippen LogP contribution >= 0.6 is 23.5 Å². The summed E-state index contributed by atoms with van der Waals surface area (Å²) in [5.41, 5.74) is 4.24. The lowest BCUT2D eigenvalue weighted by Crippen LogP contribution is -2.26. The van der Waals surface area contributed by atoms with Gasteiger partial charge < -0.3 is 9.88 Å². The zero-order valence-corrected chi connectivity index (χ0v) is 20.7. The summed E-state index contributed by atoms with van der Waals surface area (Å²) in [6.45, 7) is 12.6. The van der Waals surface area contributed by atoms with Crippen molar-refractivity contribution in [2.75, 3.05) is 5.32 Å². The van der Waals surface area contributed by atoms with E-state index in [1.54, 1.807) is 11.8 Å². The van der Waals surface area contributed by atoms with Crippen molar-refractivity contribution in [1.29, 1.82) is 0 Å². The average molecular weight is 467 g/mol. The Labute approximate surface area is 199 Å². The highest BCUT2D eigenvalue weighted by atomic mass is 32.2. The van der Waals surface area contributed by atoms with E-state index in [1.807, 2.05) is 49.6 Å². The van der Waals surface area contributed by atoms with Crippen molar-refractivity contribution in [1.82, 2.24) is 14.8 Å². The van der Waals surface area contributed by atoms with Crippen LogP contribution in [-0.4, -0.2) is 25.9 Å². The summed E-state index contributed by atoms with van der Waals surface area (Å²) in [5.74, 6) is 1.57. The van der Waals surface area contributed by atoms with Gasteiger partial charge in [0.2, 0.25) is 5.91 Å². The lowest BCUT2D eigenvalue weighted by atomic mass is 10.0. The third-order valence-electron chi connectivity index (χ3n) is 5.05. The van der Waals surface area contributed by atoms with Crippen LogP contribution in [0.15, 0.2) is 65.2 Å². The first-order valence-corrected chi connectivity index (χ1v) is 12.6. The molecule has 0 aliphatic heterocycles. The molecule has 0 fully saturated rings. The number of allylic oxidation sites excluding steroid dienone is 1. The molecule has 3 rings (SSSR count). The van der Waals surface area contributed by atoms with Crippen molar-refractivity contribution in [2.24, 2.45) is 0 Å². The monoisotopic (exact) mass is 466 g/mol. The molecule has 32 heavy (non-hydrogen) atoms. The molecule has 1 atom stereocenters. The molecule has 1 unspecified atom stereocenters. The molecule has 0 radical (unpaired) electrons. The van der Waals surface area contributed by atoms with Crippen LogP contribution in [0.4, 0.5) is 5.69 Å². The van der Waals surface area contributed by atoms with Crippen LogP contribution in [0.3, 0.4) is 0 Å². The van der Waals surface area contributed by atoms with Gasteiger partial charge in [0.1, 0.15) is 5.82 Å². The predicted octanol–water partition coefficient (Wildman–Crippen LogP) is 6.19. The fourth-order valence-corrected chi connectivity index (χ4v) is 5.36. The Morgan fingerprint density at radius 2 is 1.84 bits per heavy atom. The molecule has 0 spiro atoms. The zero-order chi connectivity index (χ0) is 23.1. The highest BCUT2D eigenvalue weighted by molar-refractivity contribution is 8.00.